The summed E-state index contributed by atoms with van der Waals surface area (Å²) in [7, 11) is 0. The average molecular weight is 765 g/mol. The summed E-state index contributed by atoms with van der Waals surface area (Å²) in [5.74, 6) is -1.75. The second-order valence-electron chi connectivity index (χ2n) is 13.6. The van der Waals surface area contributed by atoms with E-state index in [4.69, 9.17) is 13.9 Å². The normalized spacial score (nSPS) is 17.4. The first-order valence-corrected chi connectivity index (χ1v) is 17.8. The van der Waals surface area contributed by atoms with Gasteiger partial charge in [0.2, 0.25) is 11.8 Å². The van der Waals surface area contributed by atoms with Crippen LogP contribution in [-0.2, 0) is 22.7 Å². The lowest BCUT2D eigenvalue weighted by atomic mass is 9.93. The van der Waals surface area contributed by atoms with Gasteiger partial charge in [0.25, 0.3) is 0 Å². The maximum absolute atomic E-state index is 16.5. The number of alkyl halides is 4. The number of amides is 1. The van der Waals surface area contributed by atoms with Crippen molar-refractivity contribution in [2.75, 3.05) is 13.1 Å². The minimum Gasteiger partial charge on any atom is -0.480 e. The van der Waals surface area contributed by atoms with Gasteiger partial charge < -0.3 is 29.6 Å². The number of fused-ring (bicyclic) bond motifs is 1. The zero-order valence-electron chi connectivity index (χ0n) is 29.6. The highest BCUT2D eigenvalue weighted by Gasteiger charge is 2.32. The van der Waals surface area contributed by atoms with Gasteiger partial charge in [-0.2, -0.15) is 17.6 Å². The highest BCUT2D eigenvalue weighted by atomic mass is 19.3. The van der Waals surface area contributed by atoms with Crippen LogP contribution in [-0.4, -0.2) is 65.3 Å². The monoisotopic (exact) mass is 764 g/mol. The first-order valence-electron chi connectivity index (χ1n) is 17.8. The SMILES string of the molecule is Cc1c(-c2nc3cc(CN4CCC[C@H]4C(=O)O)c(OC(F)F)cc3o2)cccc1-c1cccc(-c2ccc(CNC[C@@H]3CCC(=O)N3)c(OC(F)F)c2)c1F. The molecule has 4 aromatic carbocycles. The van der Waals surface area contributed by atoms with E-state index < -0.39 is 31.1 Å². The lowest BCUT2D eigenvalue weighted by Crippen LogP contribution is -2.35. The number of benzene rings is 4. The maximum Gasteiger partial charge on any atom is 0.387 e. The Morgan fingerprint density at radius 3 is 2.38 bits per heavy atom. The second kappa shape index (κ2) is 16.1. The number of hydrogen-bond donors (Lipinski definition) is 3. The van der Waals surface area contributed by atoms with Crippen molar-refractivity contribution in [3.8, 4) is 45.2 Å². The Kier molecular flexibility index (Phi) is 11.0. The first kappa shape index (κ1) is 37.8. The highest BCUT2D eigenvalue weighted by Crippen LogP contribution is 2.39. The number of aliphatic carboxylic acids is 1. The van der Waals surface area contributed by atoms with Crippen molar-refractivity contribution in [2.45, 2.75) is 71.0 Å². The molecule has 0 aliphatic carbocycles. The van der Waals surface area contributed by atoms with E-state index in [1.54, 1.807) is 66.4 Å². The molecule has 10 nitrogen and oxygen atoms in total. The molecular weight excluding hydrogens is 727 g/mol. The number of aromatic nitrogens is 1. The van der Waals surface area contributed by atoms with Crippen LogP contribution in [0.1, 0.15) is 42.4 Å². The Labute approximate surface area is 312 Å². The van der Waals surface area contributed by atoms with E-state index in [0.29, 0.717) is 77.7 Å². The van der Waals surface area contributed by atoms with Crippen molar-refractivity contribution in [3.63, 3.8) is 0 Å². The summed E-state index contributed by atoms with van der Waals surface area (Å²) >= 11 is 0. The van der Waals surface area contributed by atoms with E-state index in [1.165, 1.54) is 12.1 Å². The first-order chi connectivity index (χ1) is 26.4. The molecule has 1 amide bonds. The van der Waals surface area contributed by atoms with Gasteiger partial charge in [0.1, 0.15) is 28.9 Å². The smallest absolute Gasteiger partial charge is 0.387 e. The molecule has 0 bridgehead atoms. The Morgan fingerprint density at radius 2 is 1.67 bits per heavy atom. The number of nitrogens with one attached hydrogen (secondary N) is 2. The molecule has 1 aromatic heterocycles. The number of carboxylic acids is 1. The highest BCUT2D eigenvalue weighted by molar-refractivity contribution is 5.83. The summed E-state index contributed by atoms with van der Waals surface area (Å²) in [6, 6.07) is 16.6. The number of hydrogen-bond acceptors (Lipinski definition) is 8. The van der Waals surface area contributed by atoms with Crippen LogP contribution in [0.2, 0.25) is 0 Å². The van der Waals surface area contributed by atoms with Gasteiger partial charge in [0, 0.05) is 66.0 Å². The van der Waals surface area contributed by atoms with E-state index in [1.807, 2.05) is 0 Å². The van der Waals surface area contributed by atoms with Crippen LogP contribution in [0.25, 0.3) is 44.8 Å². The van der Waals surface area contributed by atoms with Crippen molar-refractivity contribution in [1.29, 1.82) is 0 Å². The molecule has 5 aromatic rings. The molecule has 2 aliphatic heterocycles. The Morgan fingerprint density at radius 1 is 0.964 bits per heavy atom. The summed E-state index contributed by atoms with van der Waals surface area (Å²) in [5, 5.41) is 15.6. The minimum atomic E-state index is -3.13. The molecule has 7 rings (SSSR count). The number of carboxylic acid groups (broad SMARTS) is 1. The number of ether oxygens (including phenoxy) is 2. The number of halogens is 5. The van der Waals surface area contributed by atoms with Crippen molar-refractivity contribution in [1.82, 2.24) is 20.5 Å². The predicted molar refractivity (Wildman–Crippen MR) is 192 cm³/mol. The molecule has 2 fully saturated rings. The van der Waals surface area contributed by atoms with Crippen LogP contribution in [0, 0.1) is 12.7 Å². The molecule has 2 saturated heterocycles. The van der Waals surface area contributed by atoms with E-state index in [-0.39, 0.29) is 59.1 Å². The molecule has 0 radical (unpaired) electrons. The molecule has 3 N–H and O–H groups in total. The van der Waals surface area contributed by atoms with Gasteiger partial charge in [-0.05, 0) is 67.6 Å². The van der Waals surface area contributed by atoms with Crippen molar-refractivity contribution in [3.05, 3.63) is 89.2 Å². The van der Waals surface area contributed by atoms with Crippen molar-refractivity contribution >= 4 is 23.0 Å². The third-order valence-corrected chi connectivity index (χ3v) is 10.0. The Bertz CT molecular complexity index is 2230. The average Bonchev–Trinajstić information content (AvgIpc) is 3.89. The minimum absolute atomic E-state index is 0.0320. The van der Waals surface area contributed by atoms with Gasteiger partial charge in [-0.15, -0.1) is 0 Å². The molecule has 3 heterocycles. The molecule has 0 unspecified atom stereocenters. The van der Waals surface area contributed by atoms with Gasteiger partial charge in [0.15, 0.2) is 5.58 Å². The molecule has 0 saturated carbocycles. The number of carbonyl (C=O) groups is 2. The molecule has 2 atom stereocenters. The summed E-state index contributed by atoms with van der Waals surface area (Å²) < 4.78 is 86.0. The van der Waals surface area contributed by atoms with E-state index in [9.17, 15) is 32.3 Å². The van der Waals surface area contributed by atoms with E-state index in [2.05, 4.69) is 15.6 Å². The Hall–Kier alpha value is -5.54. The van der Waals surface area contributed by atoms with Crippen LogP contribution < -0.4 is 20.1 Å². The van der Waals surface area contributed by atoms with E-state index in [0.717, 1.165) is 0 Å². The third-order valence-electron chi connectivity index (χ3n) is 10.0. The van der Waals surface area contributed by atoms with Crippen LogP contribution in [0.4, 0.5) is 22.0 Å². The maximum atomic E-state index is 16.5. The topological polar surface area (TPSA) is 126 Å². The summed E-state index contributed by atoms with van der Waals surface area (Å²) in [6.07, 6.45) is 2.21. The summed E-state index contributed by atoms with van der Waals surface area (Å²) in [4.78, 5) is 29.6. The van der Waals surface area contributed by atoms with Crippen LogP contribution >= 0.6 is 0 Å². The molecule has 2 aliphatic rings. The second-order valence-corrected chi connectivity index (χ2v) is 13.6. The van der Waals surface area contributed by atoms with Crippen molar-refractivity contribution in [2.24, 2.45) is 0 Å². The fourth-order valence-electron chi connectivity index (χ4n) is 7.36. The fraction of sp³-hybridized carbons (Fsp3) is 0.325. The fourth-order valence-corrected chi connectivity index (χ4v) is 7.36. The molecule has 288 valence electrons. The van der Waals surface area contributed by atoms with Gasteiger partial charge in [-0.3, -0.25) is 14.5 Å². The lowest BCUT2D eigenvalue weighted by Gasteiger charge is -2.22. The lowest BCUT2D eigenvalue weighted by molar-refractivity contribution is -0.142. The predicted octanol–water partition coefficient (Wildman–Crippen LogP) is 7.90. The molecule has 15 heteroatoms. The number of oxazole rings is 1. The molecule has 0 spiro atoms. The summed E-state index contributed by atoms with van der Waals surface area (Å²) in [6.45, 7) is -3.32. The number of likely N-dealkylation sites (tertiary alicyclic amines) is 1. The molecule has 55 heavy (non-hydrogen) atoms. The van der Waals surface area contributed by atoms with Gasteiger partial charge in [0.05, 0.1) is 0 Å². The van der Waals surface area contributed by atoms with Crippen LogP contribution in [0.15, 0.2) is 71.1 Å². The zero-order valence-corrected chi connectivity index (χ0v) is 29.6. The third kappa shape index (κ3) is 8.27. The summed E-state index contributed by atoms with van der Waals surface area (Å²) in [5.41, 5.74) is 3.55. The number of nitrogens with zero attached hydrogens (tertiary/aromatic N) is 2. The van der Waals surface area contributed by atoms with E-state index >= 15 is 4.39 Å². The van der Waals surface area contributed by atoms with Crippen molar-refractivity contribution < 1.29 is 50.5 Å². The van der Waals surface area contributed by atoms with Crippen LogP contribution in [0.3, 0.4) is 0 Å². The quantitative estimate of drug-likeness (QED) is 0.0969. The van der Waals surface area contributed by atoms with Gasteiger partial charge in [-0.25, -0.2) is 9.37 Å². The standard InChI is InChI=1S/C40H37F5N4O6/c1-21-26(29-8-3-7-28(36(29)41)22-10-11-23(32(16-22)54-39(42)43)18-46-19-25-12-13-35(50)47-25)5-2-6-27(21)37-48-30-15-24(20-49-14-4-9-31(49)38(51)52)33(55-40(44)45)17-34(30)53-37/h2-3,5-8,10-11,15-17,25,31,39-40,46H,4,9,12-14,18-20H2,1H3,(H,47,50)(H,51,52)/t25-,31-/m0/s1. The Balaban J connectivity index is 1.18. The largest absolute Gasteiger partial charge is 0.480 e. The van der Waals surface area contributed by atoms with Crippen LogP contribution in [0.5, 0.6) is 11.5 Å². The number of rotatable bonds is 14. The van der Waals surface area contributed by atoms with Gasteiger partial charge in [-0.1, -0.05) is 42.5 Å². The van der Waals surface area contributed by atoms with Gasteiger partial charge >= 0.3 is 19.2 Å². The molecular formula is C40H37F5N4O6. The zero-order chi connectivity index (χ0) is 38.8. The number of carbonyl (C=O) groups excluding carboxylic acids is 1.